The van der Waals surface area contributed by atoms with Crippen molar-refractivity contribution in [3.8, 4) is 0 Å². The monoisotopic (exact) mass is 340 g/mol. The van der Waals surface area contributed by atoms with Crippen molar-refractivity contribution in [2.75, 3.05) is 7.05 Å². The number of quaternary nitrogens is 1. The lowest BCUT2D eigenvalue weighted by atomic mass is 10.0. The van der Waals surface area contributed by atoms with Gasteiger partial charge in [0.15, 0.2) is 5.69 Å². The second kappa shape index (κ2) is 6.89. The van der Waals surface area contributed by atoms with Crippen LogP contribution in [0.15, 0.2) is 41.4 Å². The molecule has 24 heavy (non-hydrogen) atoms. The van der Waals surface area contributed by atoms with Crippen LogP contribution in [0, 0.1) is 6.08 Å². The molecule has 6 heteroatoms. The fraction of sp³-hybridized carbons (Fsp3) is 0.389. The molecule has 0 bridgehead atoms. The summed E-state index contributed by atoms with van der Waals surface area (Å²) in [6, 6.07) is 6.80. The Morgan fingerprint density at radius 3 is 2.54 bits per heavy atom. The summed E-state index contributed by atoms with van der Waals surface area (Å²) in [6.45, 7) is 3.95. The van der Waals surface area contributed by atoms with Gasteiger partial charge in [-0.2, -0.15) is 13.2 Å². The first-order valence-electron chi connectivity index (χ1n) is 7.81. The zero-order chi connectivity index (χ0) is 18.0. The maximum atomic E-state index is 14.3. The van der Waals surface area contributed by atoms with Gasteiger partial charge in [-0.15, -0.1) is 8.98 Å². The lowest BCUT2D eigenvalue weighted by Gasteiger charge is -2.24. The van der Waals surface area contributed by atoms with E-state index in [2.05, 4.69) is 12.0 Å². The maximum absolute atomic E-state index is 14.3. The Labute approximate surface area is 139 Å². The minimum absolute atomic E-state index is 0.354. The molecule has 1 aliphatic rings. The maximum Gasteiger partial charge on any atom is 0.439 e. The standard InChI is InChI=1S/C18H20F4N2/c1-4-5-6-9-13(2)14-10-7-8-11-15(14)24(3)17(19)12-16(23-24)18(20,21)22/h7-11H,4-6H2,1-3H3/q+1/b13-9-. The molecule has 0 N–H and O–H groups in total. The highest BCUT2D eigenvalue weighted by molar-refractivity contribution is 5.98. The van der Waals surface area contributed by atoms with Crippen LogP contribution in [0.5, 0.6) is 0 Å². The third-order valence-electron chi connectivity index (χ3n) is 3.98. The average molecular weight is 340 g/mol. The van der Waals surface area contributed by atoms with E-state index in [9.17, 15) is 17.6 Å². The van der Waals surface area contributed by atoms with Crippen molar-refractivity contribution in [1.82, 2.24) is 4.59 Å². The molecule has 0 amide bonds. The number of nitrogens with zero attached hydrogens (tertiary/aromatic N) is 2. The van der Waals surface area contributed by atoms with Crippen molar-refractivity contribution in [3.63, 3.8) is 0 Å². The van der Waals surface area contributed by atoms with E-state index in [0.717, 1.165) is 24.8 Å². The topological polar surface area (TPSA) is 12.4 Å². The normalized spacial score (nSPS) is 21.7. The first-order valence-corrected chi connectivity index (χ1v) is 7.81. The van der Waals surface area contributed by atoms with Crippen LogP contribution in [-0.2, 0) is 0 Å². The Morgan fingerprint density at radius 1 is 1.29 bits per heavy atom. The van der Waals surface area contributed by atoms with E-state index in [0.29, 0.717) is 11.3 Å². The molecular formula is C18H20F4N2+. The van der Waals surface area contributed by atoms with Gasteiger partial charge in [-0.25, -0.2) is 0 Å². The van der Waals surface area contributed by atoms with Gasteiger partial charge in [0.25, 0.3) is 0 Å². The Morgan fingerprint density at radius 2 is 1.96 bits per heavy atom. The van der Waals surface area contributed by atoms with Crippen LogP contribution in [-0.4, -0.2) is 18.9 Å². The molecule has 0 spiro atoms. The summed E-state index contributed by atoms with van der Waals surface area (Å²) in [7, 11) is 1.29. The van der Waals surface area contributed by atoms with Crippen molar-refractivity contribution in [2.45, 2.75) is 39.3 Å². The molecule has 0 saturated carbocycles. The molecule has 0 aliphatic carbocycles. The number of hydrogen-bond donors (Lipinski definition) is 0. The number of rotatable bonds is 5. The molecule has 1 aromatic rings. The summed E-state index contributed by atoms with van der Waals surface area (Å²) < 4.78 is 52.0. The largest absolute Gasteiger partial charge is 0.439 e. The third kappa shape index (κ3) is 3.59. The molecule has 2 rings (SSSR count). The fourth-order valence-electron chi connectivity index (χ4n) is 2.58. The quantitative estimate of drug-likeness (QED) is 0.279. The van der Waals surface area contributed by atoms with Gasteiger partial charge in [0.05, 0.1) is 0 Å². The van der Waals surface area contributed by atoms with Gasteiger partial charge in [0.1, 0.15) is 13.1 Å². The van der Waals surface area contributed by atoms with Crippen LogP contribution in [0.1, 0.15) is 38.7 Å². The van der Waals surface area contributed by atoms with Crippen LogP contribution < -0.4 is 4.59 Å². The van der Waals surface area contributed by atoms with E-state index in [1.165, 1.54) is 7.05 Å². The van der Waals surface area contributed by atoms with Crippen molar-refractivity contribution in [2.24, 2.45) is 5.10 Å². The lowest BCUT2D eigenvalue weighted by Crippen LogP contribution is -2.36. The smallest absolute Gasteiger partial charge is 0.164 e. The number of benzene rings is 1. The average Bonchev–Trinajstić information content (AvgIpc) is 2.84. The van der Waals surface area contributed by atoms with Crippen LogP contribution in [0.3, 0.4) is 0 Å². The van der Waals surface area contributed by atoms with Gasteiger partial charge in [-0.05, 0) is 25.0 Å². The Kier molecular flexibility index (Phi) is 5.28. The zero-order valence-electron chi connectivity index (χ0n) is 13.9. The van der Waals surface area contributed by atoms with Crippen molar-refractivity contribution in [1.29, 1.82) is 0 Å². The predicted molar refractivity (Wildman–Crippen MR) is 88.7 cm³/mol. The Hall–Kier alpha value is -1.95. The highest BCUT2D eigenvalue weighted by Crippen LogP contribution is 2.39. The molecule has 0 aromatic heterocycles. The van der Waals surface area contributed by atoms with Crippen molar-refractivity contribution < 1.29 is 17.6 Å². The van der Waals surface area contributed by atoms with Crippen LogP contribution in [0.25, 0.3) is 5.57 Å². The number of para-hydroxylation sites is 1. The summed E-state index contributed by atoms with van der Waals surface area (Å²) >= 11 is 0. The fourth-order valence-corrected chi connectivity index (χ4v) is 2.58. The molecule has 1 radical (unpaired) electrons. The van der Waals surface area contributed by atoms with E-state index in [1.54, 1.807) is 30.3 Å². The SMILES string of the molecule is CCCC/C=C(/C)c1ccccc1[N+]1(C)N=C(C(F)(F)F)[C]=C1F. The highest BCUT2D eigenvalue weighted by Gasteiger charge is 2.48. The molecule has 2 nitrogen and oxygen atoms in total. The van der Waals surface area contributed by atoms with Gasteiger partial charge in [-0.1, -0.05) is 43.1 Å². The van der Waals surface area contributed by atoms with Gasteiger partial charge >= 0.3 is 12.1 Å². The minimum atomic E-state index is -4.73. The Bertz CT molecular complexity index is 701. The second-order valence-electron chi connectivity index (χ2n) is 5.87. The van der Waals surface area contributed by atoms with Gasteiger partial charge < -0.3 is 0 Å². The molecule has 1 heterocycles. The van der Waals surface area contributed by atoms with E-state index in [-0.39, 0.29) is 0 Å². The van der Waals surface area contributed by atoms with Gasteiger partial charge in [0, 0.05) is 11.6 Å². The van der Waals surface area contributed by atoms with Crippen LogP contribution in [0.2, 0.25) is 0 Å². The van der Waals surface area contributed by atoms with E-state index < -0.39 is 22.4 Å². The zero-order valence-corrected chi connectivity index (χ0v) is 13.9. The molecule has 129 valence electrons. The van der Waals surface area contributed by atoms with Gasteiger partial charge in [0.2, 0.25) is 5.71 Å². The number of allylic oxidation sites excluding steroid dienone is 3. The molecule has 0 saturated heterocycles. The molecule has 1 aliphatic heterocycles. The second-order valence-corrected chi connectivity index (χ2v) is 5.87. The number of halogens is 4. The van der Waals surface area contributed by atoms with E-state index in [1.807, 2.05) is 13.0 Å². The lowest BCUT2D eigenvalue weighted by molar-refractivity contribution is -0.0584. The molecule has 1 unspecified atom stereocenters. The summed E-state index contributed by atoms with van der Waals surface area (Å²) in [5.74, 6) is -1.07. The highest BCUT2D eigenvalue weighted by atomic mass is 19.4. The van der Waals surface area contributed by atoms with Crippen molar-refractivity contribution in [3.05, 3.63) is 47.9 Å². The Balaban J connectivity index is 2.49. The summed E-state index contributed by atoms with van der Waals surface area (Å²) in [5.41, 5.74) is 0.596. The summed E-state index contributed by atoms with van der Waals surface area (Å²) in [4.78, 5) is 0. The summed E-state index contributed by atoms with van der Waals surface area (Å²) in [5, 5.41) is 3.56. The van der Waals surface area contributed by atoms with E-state index >= 15 is 0 Å². The first-order chi connectivity index (χ1) is 11.2. The van der Waals surface area contributed by atoms with Crippen LogP contribution >= 0.6 is 0 Å². The van der Waals surface area contributed by atoms with Crippen LogP contribution in [0.4, 0.5) is 23.2 Å². The number of unbranched alkanes of at least 4 members (excludes halogenated alkanes) is 2. The predicted octanol–water partition coefficient (Wildman–Crippen LogP) is 5.76. The molecular weight excluding hydrogens is 320 g/mol. The van der Waals surface area contributed by atoms with Gasteiger partial charge in [-0.3, -0.25) is 0 Å². The van der Waals surface area contributed by atoms with Crippen molar-refractivity contribution >= 4 is 17.0 Å². The first kappa shape index (κ1) is 18.4. The molecule has 0 fully saturated rings. The van der Waals surface area contributed by atoms with E-state index in [4.69, 9.17) is 0 Å². The third-order valence-corrected chi connectivity index (χ3v) is 3.98. The summed E-state index contributed by atoms with van der Waals surface area (Å²) in [6.07, 6.45) is 1.95. The minimum Gasteiger partial charge on any atom is -0.164 e. The molecule has 1 atom stereocenters. The number of hydrogen-bond acceptors (Lipinski definition) is 1. The molecule has 1 aromatic carbocycles. The number of alkyl halides is 3.